The summed E-state index contributed by atoms with van der Waals surface area (Å²) in [5.41, 5.74) is 0.504. The number of ether oxygens (including phenoxy) is 1. The molecule has 2 aliphatic rings. The molecule has 0 aromatic rings. The zero-order valence-corrected chi connectivity index (χ0v) is 13.4. The molecule has 2 unspecified atom stereocenters. The smallest absolute Gasteiger partial charge is 0.0587 e. The molecule has 0 saturated carbocycles. The van der Waals surface area contributed by atoms with Crippen LogP contribution >= 0.6 is 12.4 Å². The summed E-state index contributed by atoms with van der Waals surface area (Å²) in [7, 11) is 0. The fraction of sp³-hybridized carbons (Fsp3) is 1.00. The molecule has 1 N–H and O–H groups in total. The van der Waals surface area contributed by atoms with Gasteiger partial charge in [-0.3, -0.25) is 0 Å². The van der Waals surface area contributed by atoms with Gasteiger partial charge in [0.25, 0.3) is 0 Å². The van der Waals surface area contributed by atoms with Crippen LogP contribution in [0.3, 0.4) is 0 Å². The van der Waals surface area contributed by atoms with Gasteiger partial charge in [0.15, 0.2) is 0 Å². The quantitative estimate of drug-likeness (QED) is 0.842. The Balaban J connectivity index is 0.00000180. The SMILES string of the molecule is CCCOC1CCCN(CC2(C)CCNC2)CC1.Cl. The maximum atomic E-state index is 5.92. The van der Waals surface area contributed by atoms with Crippen molar-refractivity contribution in [1.29, 1.82) is 0 Å². The average Bonchev–Trinajstić information content (AvgIpc) is 2.66. The lowest BCUT2D eigenvalue weighted by Gasteiger charge is -2.31. The third-order valence-electron chi connectivity index (χ3n) is 4.39. The lowest BCUT2D eigenvalue weighted by atomic mass is 9.89. The minimum Gasteiger partial charge on any atom is -0.378 e. The highest BCUT2D eigenvalue weighted by Crippen LogP contribution is 2.27. The molecular formula is C15H31ClN2O. The van der Waals surface area contributed by atoms with E-state index in [4.69, 9.17) is 4.74 Å². The predicted molar refractivity (Wildman–Crippen MR) is 83.2 cm³/mol. The molecule has 2 heterocycles. The molecule has 2 atom stereocenters. The maximum absolute atomic E-state index is 5.92. The number of nitrogens with one attached hydrogen (secondary N) is 1. The first-order chi connectivity index (χ1) is 8.72. The van der Waals surface area contributed by atoms with E-state index in [2.05, 4.69) is 24.1 Å². The van der Waals surface area contributed by atoms with Gasteiger partial charge >= 0.3 is 0 Å². The van der Waals surface area contributed by atoms with Gasteiger partial charge in [0.2, 0.25) is 0 Å². The van der Waals surface area contributed by atoms with E-state index in [1.54, 1.807) is 0 Å². The van der Waals surface area contributed by atoms with Gasteiger partial charge in [-0.1, -0.05) is 13.8 Å². The molecule has 2 fully saturated rings. The number of rotatable bonds is 5. The zero-order chi connectivity index (χ0) is 12.8. The average molecular weight is 291 g/mol. The van der Waals surface area contributed by atoms with E-state index in [0.717, 1.165) is 13.0 Å². The van der Waals surface area contributed by atoms with Crippen molar-refractivity contribution in [2.24, 2.45) is 5.41 Å². The highest BCUT2D eigenvalue weighted by molar-refractivity contribution is 5.85. The Labute approximate surface area is 124 Å². The van der Waals surface area contributed by atoms with E-state index < -0.39 is 0 Å². The summed E-state index contributed by atoms with van der Waals surface area (Å²) in [4.78, 5) is 2.67. The van der Waals surface area contributed by atoms with Crippen LogP contribution in [0.2, 0.25) is 0 Å². The van der Waals surface area contributed by atoms with Crippen molar-refractivity contribution < 1.29 is 4.74 Å². The third kappa shape index (κ3) is 5.58. The molecule has 0 spiro atoms. The van der Waals surface area contributed by atoms with E-state index in [9.17, 15) is 0 Å². The fourth-order valence-electron chi connectivity index (χ4n) is 3.28. The van der Waals surface area contributed by atoms with Gasteiger partial charge < -0.3 is 15.0 Å². The first-order valence-corrected chi connectivity index (χ1v) is 7.76. The molecule has 0 aliphatic carbocycles. The number of likely N-dealkylation sites (tertiary alicyclic amines) is 1. The van der Waals surface area contributed by atoms with Crippen LogP contribution in [0, 0.1) is 5.41 Å². The summed E-state index contributed by atoms with van der Waals surface area (Å²) in [5, 5.41) is 3.50. The largest absolute Gasteiger partial charge is 0.378 e. The molecule has 19 heavy (non-hydrogen) atoms. The number of nitrogens with zero attached hydrogens (tertiary/aromatic N) is 1. The van der Waals surface area contributed by atoms with Crippen molar-refractivity contribution in [2.45, 2.75) is 52.1 Å². The summed E-state index contributed by atoms with van der Waals surface area (Å²) < 4.78 is 5.92. The molecular weight excluding hydrogens is 260 g/mol. The zero-order valence-electron chi connectivity index (χ0n) is 12.6. The van der Waals surface area contributed by atoms with E-state index >= 15 is 0 Å². The monoisotopic (exact) mass is 290 g/mol. The Kier molecular flexibility index (Phi) is 7.66. The molecule has 0 aromatic heterocycles. The van der Waals surface area contributed by atoms with Crippen LogP contribution in [0.4, 0.5) is 0 Å². The van der Waals surface area contributed by atoms with Gasteiger partial charge in [-0.05, 0) is 50.6 Å². The first kappa shape index (κ1) is 17.2. The van der Waals surface area contributed by atoms with Crippen LogP contribution in [0.15, 0.2) is 0 Å². The van der Waals surface area contributed by atoms with Crippen LogP contribution < -0.4 is 5.32 Å². The Hall–Kier alpha value is 0.170. The second-order valence-corrected chi connectivity index (χ2v) is 6.44. The van der Waals surface area contributed by atoms with Crippen molar-refractivity contribution in [3.63, 3.8) is 0 Å². The van der Waals surface area contributed by atoms with E-state index in [0.29, 0.717) is 11.5 Å². The predicted octanol–water partition coefficient (Wildman–Crippen LogP) is 2.69. The van der Waals surface area contributed by atoms with Gasteiger partial charge in [0.05, 0.1) is 6.10 Å². The molecule has 0 bridgehead atoms. The molecule has 3 nitrogen and oxygen atoms in total. The number of hydrogen-bond donors (Lipinski definition) is 1. The van der Waals surface area contributed by atoms with Crippen molar-refractivity contribution in [3.05, 3.63) is 0 Å². The van der Waals surface area contributed by atoms with Crippen LogP contribution in [-0.2, 0) is 4.74 Å². The van der Waals surface area contributed by atoms with Crippen LogP contribution in [0.1, 0.15) is 46.0 Å². The van der Waals surface area contributed by atoms with Crippen molar-refractivity contribution >= 4 is 12.4 Å². The maximum Gasteiger partial charge on any atom is 0.0587 e. The van der Waals surface area contributed by atoms with Crippen LogP contribution in [0.25, 0.3) is 0 Å². The van der Waals surface area contributed by atoms with E-state index in [1.165, 1.54) is 58.4 Å². The van der Waals surface area contributed by atoms with Gasteiger partial charge in [0, 0.05) is 26.2 Å². The Morgan fingerprint density at radius 3 is 2.84 bits per heavy atom. The second-order valence-electron chi connectivity index (χ2n) is 6.44. The summed E-state index contributed by atoms with van der Waals surface area (Å²) in [6.45, 7) is 11.7. The molecule has 2 rings (SSSR count). The molecule has 2 aliphatic heterocycles. The topological polar surface area (TPSA) is 24.5 Å². The molecule has 0 radical (unpaired) electrons. The Morgan fingerprint density at radius 2 is 2.16 bits per heavy atom. The second kappa shape index (κ2) is 8.46. The standard InChI is InChI=1S/C15H30N2O.ClH/c1-3-11-18-14-5-4-9-17(10-6-14)13-15(2)7-8-16-12-15;/h14,16H,3-13H2,1-2H3;1H. The highest BCUT2D eigenvalue weighted by atomic mass is 35.5. The van der Waals surface area contributed by atoms with Gasteiger partial charge in [0.1, 0.15) is 0 Å². The molecule has 114 valence electrons. The van der Waals surface area contributed by atoms with E-state index in [-0.39, 0.29) is 12.4 Å². The van der Waals surface area contributed by atoms with Gasteiger partial charge in [-0.15, -0.1) is 12.4 Å². The molecule has 0 amide bonds. The Bertz CT molecular complexity index is 244. The summed E-state index contributed by atoms with van der Waals surface area (Å²) in [6, 6.07) is 0. The number of halogens is 1. The van der Waals surface area contributed by atoms with Crippen molar-refractivity contribution in [2.75, 3.05) is 39.3 Å². The van der Waals surface area contributed by atoms with Gasteiger partial charge in [-0.25, -0.2) is 0 Å². The molecule has 0 aromatic carbocycles. The first-order valence-electron chi connectivity index (χ1n) is 7.76. The summed E-state index contributed by atoms with van der Waals surface area (Å²) in [6.07, 6.45) is 6.78. The molecule has 4 heteroatoms. The lowest BCUT2D eigenvalue weighted by molar-refractivity contribution is 0.0430. The lowest BCUT2D eigenvalue weighted by Crippen LogP contribution is -2.38. The Morgan fingerprint density at radius 1 is 1.32 bits per heavy atom. The van der Waals surface area contributed by atoms with E-state index in [1.807, 2.05) is 0 Å². The van der Waals surface area contributed by atoms with Crippen LogP contribution in [-0.4, -0.2) is 50.3 Å². The van der Waals surface area contributed by atoms with Gasteiger partial charge in [-0.2, -0.15) is 0 Å². The summed E-state index contributed by atoms with van der Waals surface area (Å²) >= 11 is 0. The van der Waals surface area contributed by atoms with Crippen molar-refractivity contribution in [3.8, 4) is 0 Å². The van der Waals surface area contributed by atoms with Crippen LogP contribution in [0.5, 0.6) is 0 Å². The fourth-order valence-corrected chi connectivity index (χ4v) is 3.28. The third-order valence-corrected chi connectivity index (χ3v) is 4.39. The minimum atomic E-state index is 0. The summed E-state index contributed by atoms with van der Waals surface area (Å²) in [5.74, 6) is 0. The number of hydrogen-bond acceptors (Lipinski definition) is 3. The van der Waals surface area contributed by atoms with Crippen molar-refractivity contribution in [1.82, 2.24) is 10.2 Å². The minimum absolute atomic E-state index is 0. The normalized spacial score (nSPS) is 32.8. The highest BCUT2D eigenvalue weighted by Gasteiger charge is 2.31. The molecule has 2 saturated heterocycles.